The smallest absolute Gasteiger partial charge is 0.253 e. The third-order valence-corrected chi connectivity index (χ3v) is 5.15. The Morgan fingerprint density at radius 3 is 2.48 bits per heavy atom. The van der Waals surface area contributed by atoms with Crippen molar-refractivity contribution in [2.24, 2.45) is 5.41 Å². The zero-order valence-electron chi connectivity index (χ0n) is 13.3. The summed E-state index contributed by atoms with van der Waals surface area (Å²) in [6, 6.07) is 7.28. The van der Waals surface area contributed by atoms with E-state index in [4.69, 9.17) is 10.5 Å². The van der Waals surface area contributed by atoms with Gasteiger partial charge in [-0.3, -0.25) is 4.79 Å². The summed E-state index contributed by atoms with van der Waals surface area (Å²) in [5, 5.41) is 0. The van der Waals surface area contributed by atoms with Gasteiger partial charge in [0.25, 0.3) is 5.91 Å². The number of carbonyl (C=O) groups is 1. The van der Waals surface area contributed by atoms with E-state index in [1.165, 1.54) is 0 Å². The summed E-state index contributed by atoms with van der Waals surface area (Å²) >= 11 is 0. The minimum Gasteiger partial charge on any atom is -0.399 e. The molecule has 2 N–H and O–H groups in total. The van der Waals surface area contributed by atoms with Crippen LogP contribution >= 0.6 is 12.4 Å². The highest BCUT2D eigenvalue weighted by atomic mass is 35.5. The number of anilines is 1. The topological polar surface area (TPSA) is 55.6 Å². The first kappa shape index (κ1) is 17.8. The molecule has 0 aromatic heterocycles. The molecule has 0 bridgehead atoms. The number of carbonyl (C=O) groups excluding carboxylic acids is 1. The van der Waals surface area contributed by atoms with E-state index in [1.807, 2.05) is 18.0 Å². The van der Waals surface area contributed by atoms with Crippen LogP contribution in [0.25, 0.3) is 0 Å². The van der Waals surface area contributed by atoms with Crippen molar-refractivity contribution < 1.29 is 9.53 Å². The number of nitrogens with two attached hydrogens (primary N) is 1. The van der Waals surface area contributed by atoms with Gasteiger partial charge in [0.2, 0.25) is 0 Å². The Bertz CT molecular complexity index is 533. The zero-order valence-corrected chi connectivity index (χ0v) is 14.2. The van der Waals surface area contributed by atoms with Crippen LogP contribution in [0.15, 0.2) is 24.3 Å². The first-order valence-electron chi connectivity index (χ1n) is 6.91. The van der Waals surface area contributed by atoms with Gasteiger partial charge < -0.3 is 15.4 Å². The Labute approximate surface area is 133 Å². The van der Waals surface area contributed by atoms with E-state index in [0.29, 0.717) is 11.3 Å². The molecule has 1 aromatic carbocycles. The minimum absolute atomic E-state index is 0. The molecule has 21 heavy (non-hydrogen) atoms. The van der Waals surface area contributed by atoms with Gasteiger partial charge in [0.05, 0.1) is 5.60 Å². The fraction of sp³-hybridized carbons (Fsp3) is 0.562. The van der Waals surface area contributed by atoms with Gasteiger partial charge in [-0.2, -0.15) is 0 Å². The number of halogens is 1. The highest BCUT2D eigenvalue weighted by molar-refractivity contribution is 5.95. The molecule has 0 radical (unpaired) electrons. The van der Waals surface area contributed by atoms with Crippen LogP contribution in [0.1, 0.15) is 37.6 Å². The Morgan fingerprint density at radius 2 is 2.00 bits per heavy atom. The fourth-order valence-corrected chi connectivity index (χ4v) is 3.09. The maximum absolute atomic E-state index is 12.5. The predicted molar refractivity (Wildman–Crippen MR) is 87.8 cm³/mol. The molecule has 2 atom stereocenters. The van der Waals surface area contributed by atoms with Crippen LogP contribution in [0.2, 0.25) is 0 Å². The van der Waals surface area contributed by atoms with Crippen LogP contribution in [0.5, 0.6) is 0 Å². The van der Waals surface area contributed by atoms with Gasteiger partial charge in [-0.25, -0.2) is 0 Å². The molecule has 0 spiro atoms. The largest absolute Gasteiger partial charge is 0.399 e. The van der Waals surface area contributed by atoms with Crippen LogP contribution < -0.4 is 5.73 Å². The van der Waals surface area contributed by atoms with Crippen molar-refractivity contribution in [3.05, 3.63) is 29.8 Å². The Balaban J connectivity index is 0.00000220. The molecule has 1 aliphatic carbocycles. The molecule has 1 saturated carbocycles. The molecule has 1 aliphatic rings. The quantitative estimate of drug-likeness (QED) is 0.873. The molecule has 2 unspecified atom stereocenters. The molecule has 0 saturated heterocycles. The number of methoxy groups -OCH3 is 1. The van der Waals surface area contributed by atoms with Crippen molar-refractivity contribution in [1.82, 2.24) is 4.90 Å². The summed E-state index contributed by atoms with van der Waals surface area (Å²) in [6.45, 7) is 6.39. The van der Waals surface area contributed by atoms with E-state index < -0.39 is 0 Å². The second-order valence-corrected chi connectivity index (χ2v) is 6.42. The highest BCUT2D eigenvalue weighted by Crippen LogP contribution is 2.53. The molecule has 4 nitrogen and oxygen atoms in total. The molecule has 1 aromatic rings. The number of nitrogen functional groups attached to an aromatic ring is 1. The van der Waals surface area contributed by atoms with Crippen LogP contribution in [0.3, 0.4) is 0 Å². The van der Waals surface area contributed by atoms with Gasteiger partial charge in [0.15, 0.2) is 0 Å². The first-order valence-corrected chi connectivity index (χ1v) is 6.91. The van der Waals surface area contributed by atoms with E-state index in [2.05, 4.69) is 20.8 Å². The number of nitrogens with zero attached hydrogens (tertiary/aromatic N) is 1. The fourth-order valence-electron chi connectivity index (χ4n) is 3.09. The lowest BCUT2D eigenvalue weighted by Gasteiger charge is -2.61. The summed E-state index contributed by atoms with van der Waals surface area (Å²) in [5.41, 5.74) is 6.73. The average Bonchev–Trinajstić information content (AvgIpc) is 2.42. The van der Waals surface area contributed by atoms with Crippen molar-refractivity contribution in [2.75, 3.05) is 19.9 Å². The van der Waals surface area contributed by atoms with Crippen LogP contribution in [-0.2, 0) is 4.74 Å². The molecular weight excluding hydrogens is 288 g/mol. The monoisotopic (exact) mass is 312 g/mol. The third-order valence-electron chi connectivity index (χ3n) is 5.15. The second kappa shape index (κ2) is 5.85. The van der Waals surface area contributed by atoms with Crippen LogP contribution in [0, 0.1) is 5.41 Å². The first-order chi connectivity index (χ1) is 9.23. The third kappa shape index (κ3) is 2.74. The van der Waals surface area contributed by atoms with Gasteiger partial charge in [-0.05, 0) is 31.5 Å². The SMILES string of the molecule is COC1(C)CC(N(C)C(=O)c2cccc(N)c2)C1(C)C.Cl. The van der Waals surface area contributed by atoms with E-state index in [0.717, 1.165) is 6.42 Å². The van der Waals surface area contributed by atoms with Crippen LogP contribution in [-0.4, -0.2) is 36.6 Å². The van der Waals surface area contributed by atoms with Crippen LogP contribution in [0.4, 0.5) is 5.69 Å². The summed E-state index contributed by atoms with van der Waals surface area (Å²) in [5.74, 6) is 0.00790. The molecular formula is C16H25ClN2O2. The van der Waals surface area contributed by atoms with E-state index in [1.54, 1.807) is 25.3 Å². The van der Waals surface area contributed by atoms with Gasteiger partial charge in [-0.15, -0.1) is 12.4 Å². The van der Waals surface area contributed by atoms with Crippen molar-refractivity contribution in [1.29, 1.82) is 0 Å². The number of hydrogen-bond donors (Lipinski definition) is 1. The van der Waals surface area contributed by atoms with Gasteiger partial charge >= 0.3 is 0 Å². The van der Waals surface area contributed by atoms with Gasteiger partial charge in [-0.1, -0.05) is 19.9 Å². The van der Waals surface area contributed by atoms with Crippen molar-refractivity contribution in [3.63, 3.8) is 0 Å². The lowest BCUT2D eigenvalue weighted by Crippen LogP contribution is -2.68. The Hall–Kier alpha value is -1.26. The molecule has 118 valence electrons. The Kier molecular flexibility index (Phi) is 4.96. The number of amides is 1. The number of ether oxygens (including phenoxy) is 1. The van der Waals surface area contributed by atoms with Crippen molar-refractivity contribution in [3.8, 4) is 0 Å². The lowest BCUT2D eigenvalue weighted by molar-refractivity contribution is -0.198. The molecule has 0 heterocycles. The standard InChI is InChI=1S/C16H24N2O2.ClH/c1-15(2)13(10-16(15,3)20-5)18(4)14(19)11-7-6-8-12(17)9-11;/h6-9,13H,10,17H2,1-5H3;1H. The highest BCUT2D eigenvalue weighted by Gasteiger charge is 2.59. The van der Waals surface area contributed by atoms with Gasteiger partial charge in [0.1, 0.15) is 0 Å². The summed E-state index contributed by atoms with van der Waals surface area (Å²) in [6.07, 6.45) is 0.848. The molecule has 1 fully saturated rings. The number of hydrogen-bond acceptors (Lipinski definition) is 3. The van der Waals surface area contributed by atoms with Gasteiger partial charge in [0, 0.05) is 36.9 Å². The average molecular weight is 313 g/mol. The number of benzene rings is 1. The lowest BCUT2D eigenvalue weighted by atomic mass is 9.55. The molecule has 5 heteroatoms. The maximum Gasteiger partial charge on any atom is 0.253 e. The number of rotatable bonds is 3. The minimum atomic E-state index is -0.179. The Morgan fingerprint density at radius 1 is 1.38 bits per heavy atom. The van der Waals surface area contributed by atoms with E-state index >= 15 is 0 Å². The predicted octanol–water partition coefficient (Wildman–Crippen LogP) is 2.97. The summed E-state index contributed by atoms with van der Waals surface area (Å²) in [4.78, 5) is 14.4. The zero-order chi connectivity index (χ0) is 15.1. The van der Waals surface area contributed by atoms with E-state index in [-0.39, 0.29) is 35.4 Å². The summed E-state index contributed by atoms with van der Waals surface area (Å²) in [7, 11) is 3.59. The van der Waals surface area contributed by atoms with Crippen molar-refractivity contribution in [2.45, 2.75) is 38.8 Å². The second-order valence-electron chi connectivity index (χ2n) is 6.42. The molecule has 2 rings (SSSR count). The maximum atomic E-state index is 12.5. The molecule has 1 amide bonds. The van der Waals surface area contributed by atoms with E-state index in [9.17, 15) is 4.79 Å². The summed E-state index contributed by atoms with van der Waals surface area (Å²) < 4.78 is 5.62. The molecule has 0 aliphatic heterocycles. The normalized spacial score (nSPS) is 26.4. The van der Waals surface area contributed by atoms with Crippen molar-refractivity contribution >= 4 is 24.0 Å².